The lowest BCUT2D eigenvalue weighted by Crippen LogP contribution is -2.32. The third kappa shape index (κ3) is 3.87. The first kappa shape index (κ1) is 16.3. The van der Waals surface area contributed by atoms with Crippen LogP contribution >= 0.6 is 11.3 Å². The SMILES string of the molecule is C#CCN(CCC)C(=O)c1sc(N(C)CCC)nc1N. The van der Waals surface area contributed by atoms with Crippen molar-refractivity contribution in [2.45, 2.75) is 26.7 Å². The lowest BCUT2D eigenvalue weighted by atomic mass is 10.3. The van der Waals surface area contributed by atoms with Crippen molar-refractivity contribution in [2.24, 2.45) is 0 Å². The van der Waals surface area contributed by atoms with Gasteiger partial charge in [-0.25, -0.2) is 4.98 Å². The molecule has 0 aliphatic heterocycles. The van der Waals surface area contributed by atoms with E-state index < -0.39 is 0 Å². The second-order valence-corrected chi connectivity index (χ2v) is 5.54. The Hall–Kier alpha value is -1.74. The Morgan fingerprint density at radius 2 is 2.05 bits per heavy atom. The van der Waals surface area contributed by atoms with Gasteiger partial charge < -0.3 is 15.5 Å². The summed E-state index contributed by atoms with van der Waals surface area (Å²) in [5.41, 5.74) is 5.88. The number of nitrogen functional groups attached to an aromatic ring is 1. The van der Waals surface area contributed by atoms with E-state index >= 15 is 0 Å². The minimum Gasteiger partial charge on any atom is -0.382 e. The van der Waals surface area contributed by atoms with Gasteiger partial charge in [-0.15, -0.1) is 6.42 Å². The lowest BCUT2D eigenvalue weighted by Gasteiger charge is -2.18. The number of hydrogen-bond acceptors (Lipinski definition) is 5. The number of nitrogens with zero attached hydrogens (tertiary/aromatic N) is 3. The molecule has 5 nitrogen and oxygen atoms in total. The molecule has 0 aromatic carbocycles. The van der Waals surface area contributed by atoms with Crippen molar-refractivity contribution < 1.29 is 4.79 Å². The molecule has 1 amide bonds. The molecular formula is C14H22N4OS. The van der Waals surface area contributed by atoms with E-state index in [0.29, 0.717) is 18.0 Å². The van der Waals surface area contributed by atoms with Crippen molar-refractivity contribution in [2.75, 3.05) is 37.3 Å². The number of hydrogen-bond donors (Lipinski definition) is 1. The van der Waals surface area contributed by atoms with E-state index in [9.17, 15) is 4.79 Å². The van der Waals surface area contributed by atoms with Gasteiger partial charge in [-0.2, -0.15) is 0 Å². The zero-order valence-corrected chi connectivity index (χ0v) is 13.2. The van der Waals surface area contributed by atoms with Gasteiger partial charge in [0.25, 0.3) is 5.91 Å². The molecule has 0 aliphatic rings. The summed E-state index contributed by atoms with van der Waals surface area (Å²) in [4.78, 5) is 20.8. The van der Waals surface area contributed by atoms with Crippen LogP contribution in [0.15, 0.2) is 0 Å². The number of nitrogens with two attached hydrogens (primary N) is 1. The third-order valence-electron chi connectivity index (χ3n) is 2.78. The molecule has 6 heteroatoms. The Balaban J connectivity index is 2.95. The summed E-state index contributed by atoms with van der Waals surface area (Å²) in [6.07, 6.45) is 7.18. The van der Waals surface area contributed by atoms with E-state index in [1.807, 2.05) is 18.9 Å². The average molecular weight is 294 g/mol. The maximum Gasteiger partial charge on any atom is 0.268 e. The number of carbonyl (C=O) groups excluding carboxylic acids is 1. The van der Waals surface area contributed by atoms with Crippen LogP contribution in [0.1, 0.15) is 36.4 Å². The average Bonchev–Trinajstić information content (AvgIpc) is 2.80. The van der Waals surface area contributed by atoms with Gasteiger partial charge in [0.05, 0.1) is 6.54 Å². The van der Waals surface area contributed by atoms with E-state index in [1.165, 1.54) is 11.3 Å². The first-order chi connectivity index (χ1) is 9.54. The van der Waals surface area contributed by atoms with Crippen molar-refractivity contribution in [1.82, 2.24) is 9.88 Å². The molecule has 0 bridgehead atoms. The fraction of sp³-hybridized carbons (Fsp3) is 0.571. The number of carbonyl (C=O) groups is 1. The molecule has 110 valence electrons. The highest BCUT2D eigenvalue weighted by Gasteiger charge is 2.22. The molecule has 0 spiro atoms. The molecule has 1 aromatic rings. The van der Waals surface area contributed by atoms with Gasteiger partial charge in [0.2, 0.25) is 0 Å². The van der Waals surface area contributed by atoms with Gasteiger partial charge in [-0.05, 0) is 12.8 Å². The first-order valence-corrected chi connectivity index (χ1v) is 7.56. The largest absolute Gasteiger partial charge is 0.382 e. The van der Waals surface area contributed by atoms with Crippen molar-refractivity contribution in [3.8, 4) is 12.3 Å². The fourth-order valence-corrected chi connectivity index (χ4v) is 2.78. The topological polar surface area (TPSA) is 62.5 Å². The lowest BCUT2D eigenvalue weighted by molar-refractivity contribution is 0.0782. The van der Waals surface area contributed by atoms with Gasteiger partial charge >= 0.3 is 0 Å². The summed E-state index contributed by atoms with van der Waals surface area (Å²) < 4.78 is 0. The zero-order chi connectivity index (χ0) is 15.1. The van der Waals surface area contributed by atoms with Crippen LogP contribution in [-0.4, -0.2) is 42.5 Å². The molecule has 0 unspecified atom stereocenters. The summed E-state index contributed by atoms with van der Waals surface area (Å²) in [5, 5.41) is 0.768. The standard InChI is InChI=1S/C14H22N4OS/c1-5-8-17(4)14-16-12(15)11(20-14)13(19)18(9-6-2)10-7-3/h2H,5,7-10,15H2,1,3-4H3. The van der Waals surface area contributed by atoms with Crippen LogP contribution in [0, 0.1) is 12.3 Å². The smallest absolute Gasteiger partial charge is 0.268 e. The maximum atomic E-state index is 12.4. The van der Waals surface area contributed by atoms with Crippen LogP contribution in [0.4, 0.5) is 10.9 Å². The molecule has 2 N–H and O–H groups in total. The zero-order valence-electron chi connectivity index (χ0n) is 12.3. The van der Waals surface area contributed by atoms with E-state index in [0.717, 1.165) is 24.5 Å². The van der Waals surface area contributed by atoms with Crippen LogP contribution in [-0.2, 0) is 0 Å². The van der Waals surface area contributed by atoms with Crippen molar-refractivity contribution in [1.29, 1.82) is 0 Å². The normalized spacial score (nSPS) is 10.1. The summed E-state index contributed by atoms with van der Waals surface area (Å²) >= 11 is 1.33. The Morgan fingerprint density at radius 1 is 1.40 bits per heavy atom. The Bertz CT molecular complexity index is 492. The molecule has 0 aliphatic carbocycles. The molecular weight excluding hydrogens is 272 g/mol. The summed E-state index contributed by atoms with van der Waals surface area (Å²) in [6, 6.07) is 0. The van der Waals surface area contributed by atoms with Gasteiger partial charge in [0.1, 0.15) is 10.7 Å². The van der Waals surface area contributed by atoms with Gasteiger partial charge in [0.15, 0.2) is 5.13 Å². The van der Waals surface area contributed by atoms with Crippen molar-refractivity contribution in [3.63, 3.8) is 0 Å². The Labute approximate surface area is 124 Å². The molecule has 1 rings (SSSR count). The highest BCUT2D eigenvalue weighted by Crippen LogP contribution is 2.28. The third-order valence-corrected chi connectivity index (χ3v) is 3.96. The minimum atomic E-state index is -0.129. The Kier molecular flexibility index (Phi) is 6.32. The van der Waals surface area contributed by atoms with E-state index in [-0.39, 0.29) is 11.7 Å². The van der Waals surface area contributed by atoms with Crippen LogP contribution in [0.5, 0.6) is 0 Å². The molecule has 0 saturated carbocycles. The number of rotatable bonds is 7. The molecule has 0 radical (unpaired) electrons. The summed E-state index contributed by atoms with van der Waals surface area (Å²) in [5.74, 6) is 2.67. The van der Waals surface area contributed by atoms with Crippen molar-refractivity contribution >= 4 is 28.2 Å². The highest BCUT2D eigenvalue weighted by molar-refractivity contribution is 7.18. The molecule has 1 aromatic heterocycles. The van der Waals surface area contributed by atoms with Crippen molar-refractivity contribution in [3.05, 3.63) is 4.88 Å². The molecule has 0 saturated heterocycles. The second-order valence-electron chi connectivity index (χ2n) is 4.56. The van der Waals surface area contributed by atoms with Crippen LogP contribution in [0.3, 0.4) is 0 Å². The number of anilines is 2. The van der Waals surface area contributed by atoms with E-state index in [1.54, 1.807) is 4.90 Å². The molecule has 0 fully saturated rings. The van der Waals surface area contributed by atoms with Crippen LogP contribution in [0.25, 0.3) is 0 Å². The molecule has 1 heterocycles. The van der Waals surface area contributed by atoms with E-state index in [2.05, 4.69) is 17.8 Å². The van der Waals surface area contributed by atoms with Crippen LogP contribution < -0.4 is 10.6 Å². The van der Waals surface area contributed by atoms with E-state index in [4.69, 9.17) is 12.2 Å². The predicted molar refractivity (Wildman–Crippen MR) is 85.1 cm³/mol. The first-order valence-electron chi connectivity index (χ1n) is 6.75. The quantitative estimate of drug-likeness (QED) is 0.782. The maximum absolute atomic E-state index is 12.4. The fourth-order valence-electron chi connectivity index (χ4n) is 1.84. The Morgan fingerprint density at radius 3 is 2.60 bits per heavy atom. The predicted octanol–water partition coefficient (Wildman–Crippen LogP) is 2.06. The number of terminal acetylenes is 1. The number of thiazole rings is 1. The van der Waals surface area contributed by atoms with Gasteiger partial charge in [-0.1, -0.05) is 31.1 Å². The summed E-state index contributed by atoms with van der Waals surface area (Å²) in [7, 11) is 1.95. The molecule has 0 atom stereocenters. The monoisotopic (exact) mass is 294 g/mol. The second kappa shape index (κ2) is 7.75. The minimum absolute atomic E-state index is 0.129. The van der Waals surface area contributed by atoms with Gasteiger partial charge in [-0.3, -0.25) is 4.79 Å². The highest BCUT2D eigenvalue weighted by atomic mass is 32.1. The van der Waals surface area contributed by atoms with Gasteiger partial charge in [0, 0.05) is 20.1 Å². The summed E-state index contributed by atoms with van der Waals surface area (Å²) in [6.45, 7) is 5.90. The van der Waals surface area contributed by atoms with Crippen LogP contribution in [0.2, 0.25) is 0 Å². The number of aromatic nitrogens is 1. The molecule has 20 heavy (non-hydrogen) atoms. The number of amides is 1.